The highest BCUT2D eigenvalue weighted by molar-refractivity contribution is 5.92. The van der Waals surface area contributed by atoms with Gasteiger partial charge in [-0.25, -0.2) is 4.79 Å². The number of amides is 4. The van der Waals surface area contributed by atoms with Crippen molar-refractivity contribution in [2.45, 2.75) is 84.9 Å². The van der Waals surface area contributed by atoms with Crippen molar-refractivity contribution in [1.82, 2.24) is 15.5 Å². The van der Waals surface area contributed by atoms with E-state index in [4.69, 9.17) is 10.5 Å². The van der Waals surface area contributed by atoms with Crippen LogP contribution in [-0.2, 0) is 19.1 Å². The van der Waals surface area contributed by atoms with Crippen molar-refractivity contribution in [3.63, 3.8) is 0 Å². The minimum Gasteiger partial charge on any atom is -0.444 e. The minimum atomic E-state index is -1.09. The molecule has 0 aliphatic rings. The zero-order chi connectivity index (χ0) is 26.1. The molecule has 0 heterocycles. The molecule has 4 N–H and O–H groups in total. The van der Waals surface area contributed by atoms with E-state index in [1.807, 2.05) is 39.0 Å². The lowest BCUT2D eigenvalue weighted by molar-refractivity contribution is -0.141. The summed E-state index contributed by atoms with van der Waals surface area (Å²) in [4.78, 5) is 51.9. The van der Waals surface area contributed by atoms with Crippen LogP contribution in [0.4, 0.5) is 4.79 Å². The Morgan fingerprint density at radius 3 is 2.35 bits per heavy atom. The first-order chi connectivity index (χ1) is 15.8. The number of alkyl carbamates (subject to hydrolysis) is 1. The zero-order valence-electron chi connectivity index (χ0n) is 21.5. The fraction of sp³-hybridized carbons (Fsp3) is 0.600. The summed E-state index contributed by atoms with van der Waals surface area (Å²) in [6.07, 6.45) is 0.799. The molecule has 1 aromatic rings. The number of rotatable bonds is 11. The lowest BCUT2D eigenvalue weighted by Crippen LogP contribution is -2.52. The Morgan fingerprint density at radius 2 is 1.79 bits per heavy atom. The predicted molar refractivity (Wildman–Crippen MR) is 131 cm³/mol. The molecule has 1 aromatic carbocycles. The Bertz CT molecular complexity index is 879. The molecular weight excluding hydrogens is 436 g/mol. The molecule has 34 heavy (non-hydrogen) atoms. The summed E-state index contributed by atoms with van der Waals surface area (Å²) in [6.45, 7) is 11.5. The number of carbonyl (C=O) groups is 4. The summed E-state index contributed by atoms with van der Waals surface area (Å²) in [7, 11) is 1.52. The van der Waals surface area contributed by atoms with Crippen LogP contribution < -0.4 is 16.4 Å². The first kappa shape index (κ1) is 28.9. The molecule has 1 rings (SSSR count). The van der Waals surface area contributed by atoms with Crippen molar-refractivity contribution in [1.29, 1.82) is 0 Å². The number of nitrogens with one attached hydrogen (secondary N) is 2. The molecule has 2 unspecified atom stereocenters. The number of hydrogen-bond acceptors (Lipinski definition) is 5. The molecule has 2 atom stereocenters. The monoisotopic (exact) mass is 476 g/mol. The number of unbranched alkanes of at least 4 members (excludes halogenated alkanes) is 1. The van der Waals surface area contributed by atoms with E-state index in [2.05, 4.69) is 10.6 Å². The number of aryl methyl sites for hydroxylation is 1. The Morgan fingerprint density at radius 1 is 1.15 bits per heavy atom. The fourth-order valence-electron chi connectivity index (χ4n) is 3.45. The summed E-state index contributed by atoms with van der Waals surface area (Å²) in [6, 6.07) is 3.58. The first-order valence-electron chi connectivity index (χ1n) is 11.7. The third kappa shape index (κ3) is 9.03. The van der Waals surface area contributed by atoms with E-state index in [9.17, 15) is 19.2 Å². The summed E-state index contributed by atoms with van der Waals surface area (Å²) >= 11 is 0. The Kier molecular flexibility index (Phi) is 11.0. The zero-order valence-corrected chi connectivity index (χ0v) is 21.5. The number of benzene rings is 1. The molecule has 0 spiro atoms. The molecule has 0 fully saturated rings. The van der Waals surface area contributed by atoms with Crippen molar-refractivity contribution < 1.29 is 23.9 Å². The topological polar surface area (TPSA) is 131 Å². The van der Waals surface area contributed by atoms with Gasteiger partial charge in [-0.05, 0) is 64.2 Å². The number of likely N-dealkylation sites (N-methyl/N-ethyl adjacent to an activating group) is 1. The smallest absolute Gasteiger partial charge is 0.408 e. The largest absolute Gasteiger partial charge is 0.444 e. The number of hydrogen-bond donors (Lipinski definition) is 3. The Balaban J connectivity index is 3.30. The number of nitrogens with two attached hydrogens (primary N) is 1. The molecule has 9 nitrogen and oxygen atoms in total. The van der Waals surface area contributed by atoms with Crippen LogP contribution in [0.3, 0.4) is 0 Å². The third-order valence-corrected chi connectivity index (χ3v) is 5.42. The average molecular weight is 477 g/mol. The van der Waals surface area contributed by atoms with Crippen LogP contribution in [0.15, 0.2) is 18.2 Å². The van der Waals surface area contributed by atoms with E-state index in [-0.39, 0.29) is 18.7 Å². The second-order valence-electron chi connectivity index (χ2n) is 9.49. The van der Waals surface area contributed by atoms with E-state index in [0.29, 0.717) is 12.1 Å². The van der Waals surface area contributed by atoms with Crippen LogP contribution in [0.1, 0.15) is 76.1 Å². The average Bonchev–Trinajstić information content (AvgIpc) is 2.72. The van der Waals surface area contributed by atoms with Crippen LogP contribution >= 0.6 is 0 Å². The molecule has 0 radical (unpaired) electrons. The lowest BCUT2D eigenvalue weighted by Gasteiger charge is -2.32. The number of nitrogens with zero attached hydrogens (tertiary/aromatic N) is 1. The second kappa shape index (κ2) is 13.0. The van der Waals surface area contributed by atoms with Gasteiger partial charge in [-0.1, -0.05) is 31.5 Å². The van der Waals surface area contributed by atoms with E-state index in [1.165, 1.54) is 11.9 Å². The van der Waals surface area contributed by atoms with E-state index >= 15 is 0 Å². The van der Waals surface area contributed by atoms with E-state index < -0.39 is 35.6 Å². The van der Waals surface area contributed by atoms with Gasteiger partial charge in [0.15, 0.2) is 0 Å². The molecular formula is C25H40N4O5. The molecule has 0 bridgehead atoms. The van der Waals surface area contributed by atoms with Crippen molar-refractivity contribution in [3.05, 3.63) is 34.9 Å². The van der Waals surface area contributed by atoms with Gasteiger partial charge >= 0.3 is 6.09 Å². The standard InChI is InChI=1S/C25H40N4O5/c1-8-9-15-27-22(31)21(18-12-10-11-16(2)17(18)3)29(7)23(32)19(13-14-20(26)30)28-24(33)34-25(4,5)6/h10-12,19,21H,8-9,13-15H2,1-7H3,(H2,26,30)(H,27,31)(H,28,33). The van der Waals surface area contributed by atoms with Crippen LogP contribution in [0.5, 0.6) is 0 Å². The van der Waals surface area contributed by atoms with Crippen molar-refractivity contribution in [2.24, 2.45) is 5.73 Å². The molecule has 0 saturated carbocycles. The summed E-state index contributed by atoms with van der Waals surface area (Å²) in [5, 5.41) is 5.45. The molecule has 0 aliphatic carbocycles. The molecule has 9 heteroatoms. The number of ether oxygens (including phenoxy) is 1. The molecule has 4 amide bonds. The fourth-order valence-corrected chi connectivity index (χ4v) is 3.45. The third-order valence-electron chi connectivity index (χ3n) is 5.42. The van der Waals surface area contributed by atoms with Gasteiger partial charge in [-0.2, -0.15) is 0 Å². The summed E-state index contributed by atoms with van der Waals surface area (Å²) < 4.78 is 5.28. The van der Waals surface area contributed by atoms with Crippen molar-refractivity contribution >= 4 is 23.8 Å². The SMILES string of the molecule is CCCCNC(=O)C(c1cccc(C)c1C)N(C)C(=O)C(CCC(N)=O)NC(=O)OC(C)(C)C. The maximum absolute atomic E-state index is 13.5. The van der Waals surface area contributed by atoms with Crippen LogP contribution in [0.2, 0.25) is 0 Å². The van der Waals surface area contributed by atoms with Gasteiger partial charge in [0.1, 0.15) is 17.7 Å². The maximum atomic E-state index is 13.5. The quantitative estimate of drug-likeness (QED) is 0.423. The predicted octanol–water partition coefficient (Wildman–Crippen LogP) is 2.88. The molecule has 0 saturated heterocycles. The highest BCUT2D eigenvalue weighted by Crippen LogP contribution is 2.26. The molecule has 0 aromatic heterocycles. The Hall–Kier alpha value is -3.10. The summed E-state index contributed by atoms with van der Waals surface area (Å²) in [5.41, 5.74) is 7.08. The van der Waals surface area contributed by atoms with Gasteiger partial charge in [-0.3, -0.25) is 14.4 Å². The van der Waals surface area contributed by atoms with Gasteiger partial charge in [0.2, 0.25) is 17.7 Å². The van der Waals surface area contributed by atoms with Crippen molar-refractivity contribution in [3.8, 4) is 0 Å². The summed E-state index contributed by atoms with van der Waals surface area (Å²) in [5.74, 6) is -1.44. The van der Waals surface area contributed by atoms with E-state index in [0.717, 1.165) is 24.0 Å². The molecule has 0 aliphatic heterocycles. The highest BCUT2D eigenvalue weighted by atomic mass is 16.6. The van der Waals surface area contributed by atoms with Gasteiger partial charge < -0.3 is 26.0 Å². The minimum absolute atomic E-state index is 0.0191. The molecule has 190 valence electrons. The van der Waals surface area contributed by atoms with Gasteiger partial charge in [0.05, 0.1) is 0 Å². The lowest BCUT2D eigenvalue weighted by atomic mass is 9.95. The second-order valence-corrected chi connectivity index (χ2v) is 9.49. The van der Waals surface area contributed by atoms with Gasteiger partial charge in [0.25, 0.3) is 0 Å². The maximum Gasteiger partial charge on any atom is 0.408 e. The Labute approximate surface area is 202 Å². The number of carbonyl (C=O) groups excluding carboxylic acids is 4. The van der Waals surface area contributed by atoms with Gasteiger partial charge in [-0.15, -0.1) is 0 Å². The van der Waals surface area contributed by atoms with Gasteiger partial charge in [0, 0.05) is 20.0 Å². The highest BCUT2D eigenvalue weighted by Gasteiger charge is 2.34. The number of primary amides is 1. The van der Waals surface area contributed by atoms with Crippen LogP contribution in [0, 0.1) is 13.8 Å². The van der Waals surface area contributed by atoms with Crippen LogP contribution in [-0.4, -0.2) is 54.0 Å². The van der Waals surface area contributed by atoms with E-state index in [1.54, 1.807) is 20.8 Å². The van der Waals surface area contributed by atoms with Crippen LogP contribution in [0.25, 0.3) is 0 Å². The van der Waals surface area contributed by atoms with Crippen molar-refractivity contribution in [2.75, 3.05) is 13.6 Å². The first-order valence-corrected chi connectivity index (χ1v) is 11.7. The normalized spacial score (nSPS) is 12.9.